The van der Waals surface area contributed by atoms with E-state index in [2.05, 4.69) is 32.3 Å². The Hall–Kier alpha value is -2.36. The summed E-state index contributed by atoms with van der Waals surface area (Å²) in [5.41, 5.74) is 3.38. The first-order valence-corrected chi connectivity index (χ1v) is 8.29. The molecule has 0 radical (unpaired) electrons. The first-order valence-electron chi connectivity index (χ1n) is 8.29. The predicted octanol–water partition coefficient (Wildman–Crippen LogP) is 4.91. The van der Waals surface area contributed by atoms with Crippen LogP contribution in [0.2, 0.25) is 0 Å². The second-order valence-electron chi connectivity index (χ2n) is 6.32. The second kappa shape index (κ2) is 7.95. The summed E-state index contributed by atoms with van der Waals surface area (Å²) in [5.74, 6) is 0.140. The van der Waals surface area contributed by atoms with Crippen LogP contribution in [0.5, 0.6) is 0 Å². The lowest BCUT2D eigenvalue weighted by atomic mass is 9.97. The third kappa shape index (κ3) is 4.57. The third-order valence-electron chi connectivity index (χ3n) is 4.30. The van der Waals surface area contributed by atoms with Gasteiger partial charge in [0.1, 0.15) is 5.82 Å². The molecule has 0 spiro atoms. The summed E-state index contributed by atoms with van der Waals surface area (Å²) in [6.45, 7) is 13.1. The van der Waals surface area contributed by atoms with Crippen molar-refractivity contribution in [3.63, 3.8) is 0 Å². The molecule has 0 fully saturated rings. The number of hydrogen-bond acceptors (Lipinski definition) is 1. The zero-order valence-electron chi connectivity index (χ0n) is 14.4. The van der Waals surface area contributed by atoms with Crippen molar-refractivity contribution in [3.8, 4) is 0 Å². The Morgan fingerprint density at radius 2 is 2.04 bits per heavy atom. The molecule has 1 aromatic carbocycles. The molecule has 1 aliphatic rings. The molecule has 1 atom stereocenters. The molecule has 2 amide bonds. The predicted molar refractivity (Wildman–Crippen MR) is 95.7 cm³/mol. The van der Waals surface area contributed by atoms with Gasteiger partial charge in [-0.05, 0) is 41.7 Å². The lowest BCUT2D eigenvalue weighted by Crippen LogP contribution is -2.35. The lowest BCUT2D eigenvalue weighted by Gasteiger charge is -2.16. The molecule has 4 heteroatoms. The highest BCUT2D eigenvalue weighted by Crippen LogP contribution is 2.23. The molecule has 1 unspecified atom stereocenters. The number of nitrogens with one attached hydrogen (secondary N) is 1. The van der Waals surface area contributed by atoms with E-state index in [1.165, 1.54) is 12.1 Å². The number of allylic oxidation sites excluding steroid dienone is 3. The maximum Gasteiger partial charge on any atom is 0.322 e. The first-order chi connectivity index (χ1) is 11.4. The van der Waals surface area contributed by atoms with Crippen LogP contribution in [0.25, 0.3) is 0 Å². The van der Waals surface area contributed by atoms with Crippen LogP contribution in [0.1, 0.15) is 37.8 Å². The van der Waals surface area contributed by atoms with Gasteiger partial charge >= 0.3 is 6.03 Å². The van der Waals surface area contributed by atoms with Crippen LogP contribution in [-0.2, 0) is 13.1 Å². The Labute approximate surface area is 143 Å². The Balaban J connectivity index is 1.87. The molecule has 0 saturated heterocycles. The topological polar surface area (TPSA) is 32.3 Å². The number of fused-ring (bicyclic) bond motifs is 1. The van der Waals surface area contributed by atoms with Gasteiger partial charge in [0.2, 0.25) is 0 Å². The number of urea groups is 1. The molecule has 3 nitrogen and oxygen atoms in total. The van der Waals surface area contributed by atoms with Crippen LogP contribution in [0, 0.1) is 11.7 Å². The fourth-order valence-corrected chi connectivity index (χ4v) is 2.76. The summed E-state index contributed by atoms with van der Waals surface area (Å²) in [5, 5.41) is 2.77. The van der Waals surface area contributed by atoms with E-state index in [1.807, 2.05) is 6.08 Å². The fourth-order valence-electron chi connectivity index (χ4n) is 2.76. The SMILES string of the molecule is C=C(/C=C\C(=C)C(C)CCC)NC(=O)N1Cc2ccc(F)cc2C1. The maximum atomic E-state index is 13.2. The Morgan fingerprint density at radius 3 is 2.75 bits per heavy atom. The highest BCUT2D eigenvalue weighted by molar-refractivity contribution is 5.77. The van der Waals surface area contributed by atoms with Crippen molar-refractivity contribution in [2.75, 3.05) is 0 Å². The summed E-state index contributed by atoms with van der Waals surface area (Å²) in [7, 11) is 0. The Morgan fingerprint density at radius 1 is 1.33 bits per heavy atom. The molecule has 0 aromatic heterocycles. The first kappa shape index (κ1) is 18.0. The minimum atomic E-state index is -0.275. The van der Waals surface area contributed by atoms with Crippen LogP contribution in [0.3, 0.4) is 0 Å². The van der Waals surface area contributed by atoms with Gasteiger partial charge in [-0.1, -0.05) is 51.1 Å². The number of benzene rings is 1. The molecule has 24 heavy (non-hydrogen) atoms. The van der Waals surface area contributed by atoms with Crippen molar-refractivity contribution in [3.05, 3.63) is 71.7 Å². The van der Waals surface area contributed by atoms with Gasteiger partial charge in [-0.25, -0.2) is 9.18 Å². The van der Waals surface area contributed by atoms with Gasteiger partial charge < -0.3 is 10.2 Å². The van der Waals surface area contributed by atoms with E-state index in [1.54, 1.807) is 17.0 Å². The van der Waals surface area contributed by atoms with Crippen LogP contribution >= 0.6 is 0 Å². The number of hydrogen-bond donors (Lipinski definition) is 1. The van der Waals surface area contributed by atoms with E-state index < -0.39 is 0 Å². The van der Waals surface area contributed by atoms with Crippen molar-refractivity contribution in [1.29, 1.82) is 0 Å². The van der Waals surface area contributed by atoms with Crippen molar-refractivity contribution < 1.29 is 9.18 Å². The van der Waals surface area contributed by atoms with Crippen molar-refractivity contribution in [2.24, 2.45) is 5.92 Å². The van der Waals surface area contributed by atoms with Crippen LogP contribution < -0.4 is 5.32 Å². The zero-order valence-corrected chi connectivity index (χ0v) is 14.4. The molecule has 0 bridgehead atoms. The van der Waals surface area contributed by atoms with E-state index in [0.29, 0.717) is 24.7 Å². The number of halogens is 1. The van der Waals surface area contributed by atoms with Gasteiger partial charge in [-0.15, -0.1) is 0 Å². The highest BCUT2D eigenvalue weighted by Gasteiger charge is 2.23. The van der Waals surface area contributed by atoms with Crippen LogP contribution in [-0.4, -0.2) is 10.9 Å². The summed E-state index contributed by atoms with van der Waals surface area (Å²) in [6.07, 6.45) is 5.87. The second-order valence-corrected chi connectivity index (χ2v) is 6.32. The molecule has 2 rings (SSSR count). The Kier molecular flexibility index (Phi) is 5.96. The molecule has 1 heterocycles. The van der Waals surface area contributed by atoms with Gasteiger partial charge in [-0.2, -0.15) is 0 Å². The Bertz CT molecular complexity index is 678. The molecular weight excluding hydrogens is 303 g/mol. The molecule has 0 aliphatic carbocycles. The smallest absolute Gasteiger partial charge is 0.316 e. The van der Waals surface area contributed by atoms with Crippen molar-refractivity contribution in [2.45, 2.75) is 39.8 Å². The summed E-state index contributed by atoms with van der Waals surface area (Å²) < 4.78 is 13.2. The monoisotopic (exact) mass is 328 g/mol. The normalized spacial score (nSPS) is 14.5. The van der Waals surface area contributed by atoms with E-state index in [4.69, 9.17) is 0 Å². The largest absolute Gasteiger partial charge is 0.322 e. The van der Waals surface area contributed by atoms with Crippen molar-refractivity contribution >= 4 is 6.03 Å². The maximum absolute atomic E-state index is 13.2. The number of rotatable bonds is 6. The minimum Gasteiger partial charge on any atom is -0.316 e. The van der Waals surface area contributed by atoms with Gasteiger partial charge in [-0.3, -0.25) is 0 Å². The van der Waals surface area contributed by atoms with E-state index in [9.17, 15) is 9.18 Å². The molecule has 1 aliphatic heterocycles. The molecular formula is C20H25FN2O. The summed E-state index contributed by atoms with van der Waals surface area (Å²) >= 11 is 0. The third-order valence-corrected chi connectivity index (χ3v) is 4.30. The molecule has 0 saturated carbocycles. The van der Waals surface area contributed by atoms with Crippen LogP contribution in [0.4, 0.5) is 9.18 Å². The number of amides is 2. The summed E-state index contributed by atoms with van der Waals surface area (Å²) in [6, 6.07) is 4.40. The quantitative estimate of drug-likeness (QED) is 0.739. The molecule has 1 aromatic rings. The van der Waals surface area contributed by atoms with Gasteiger partial charge in [0.05, 0.1) is 0 Å². The van der Waals surface area contributed by atoms with E-state index in [0.717, 1.165) is 29.5 Å². The van der Waals surface area contributed by atoms with Crippen LogP contribution in [0.15, 0.2) is 54.8 Å². The standard InChI is InChI=1S/C20H25FN2O/c1-5-6-14(2)15(3)7-8-16(4)22-20(24)23-12-17-9-10-19(21)11-18(17)13-23/h7-11,14H,3-6,12-13H2,1-2H3,(H,22,24)/b8-7-. The number of carbonyl (C=O) groups excluding carboxylic acids is 1. The fraction of sp³-hybridized carbons (Fsp3) is 0.350. The number of nitrogens with zero attached hydrogens (tertiary/aromatic N) is 1. The van der Waals surface area contributed by atoms with Gasteiger partial charge in [0.15, 0.2) is 0 Å². The summed E-state index contributed by atoms with van der Waals surface area (Å²) in [4.78, 5) is 13.9. The number of carbonyl (C=O) groups is 1. The average Bonchev–Trinajstić information content (AvgIpc) is 2.96. The van der Waals surface area contributed by atoms with E-state index in [-0.39, 0.29) is 11.8 Å². The average molecular weight is 328 g/mol. The zero-order chi connectivity index (χ0) is 17.7. The lowest BCUT2D eigenvalue weighted by molar-refractivity contribution is 0.201. The molecule has 1 N–H and O–H groups in total. The molecule has 128 valence electrons. The van der Waals surface area contributed by atoms with Crippen molar-refractivity contribution in [1.82, 2.24) is 10.2 Å². The van der Waals surface area contributed by atoms with E-state index >= 15 is 0 Å². The minimum absolute atomic E-state index is 0.228. The highest BCUT2D eigenvalue weighted by atomic mass is 19.1. The van der Waals surface area contributed by atoms with Gasteiger partial charge in [0.25, 0.3) is 0 Å². The van der Waals surface area contributed by atoms with Gasteiger partial charge in [0, 0.05) is 18.8 Å².